The predicted molar refractivity (Wildman–Crippen MR) is 101 cm³/mol. The summed E-state index contributed by atoms with van der Waals surface area (Å²) in [7, 11) is 0. The minimum atomic E-state index is -2.72. The quantitative estimate of drug-likeness (QED) is 0.491. The summed E-state index contributed by atoms with van der Waals surface area (Å²) in [6, 6.07) is 7.97. The third-order valence-corrected chi connectivity index (χ3v) is 12.7. The molecule has 1 saturated carbocycles. The molecule has 0 bridgehead atoms. The van der Waals surface area contributed by atoms with Crippen molar-refractivity contribution in [1.82, 2.24) is 0 Å². The summed E-state index contributed by atoms with van der Waals surface area (Å²) in [6.07, 6.45) is 3.51. The molecular weight excluding hydrogens is 399 g/mol. The monoisotopic (exact) mass is 420 g/mol. The molecule has 0 unspecified atom stereocenters. The first-order chi connectivity index (χ1) is 10.3. The largest absolute Gasteiger partial charge is 0.318 e. The lowest BCUT2D eigenvalue weighted by molar-refractivity contribution is 0.0947. The van der Waals surface area contributed by atoms with E-state index in [1.54, 1.807) is 11.4 Å². The summed E-state index contributed by atoms with van der Waals surface area (Å²) in [4.78, 5) is 1.02. The van der Waals surface area contributed by atoms with Gasteiger partial charge in [-0.05, 0) is 85.1 Å². The molecule has 1 saturated heterocycles. The van der Waals surface area contributed by atoms with Gasteiger partial charge in [0.25, 0.3) is 0 Å². The van der Waals surface area contributed by atoms with Crippen molar-refractivity contribution in [2.45, 2.75) is 55.8 Å². The summed E-state index contributed by atoms with van der Waals surface area (Å²) in [6.45, 7) is 6.80. The van der Waals surface area contributed by atoms with E-state index in [4.69, 9.17) is 4.52 Å². The van der Waals surface area contributed by atoms with Crippen LogP contribution in [0.5, 0.6) is 0 Å². The molecule has 0 radical (unpaired) electrons. The van der Waals surface area contributed by atoms with Gasteiger partial charge >= 0.3 is 5.77 Å². The zero-order chi connectivity index (χ0) is 16.0. The van der Waals surface area contributed by atoms with Crippen LogP contribution in [0, 0.1) is 11.8 Å². The van der Waals surface area contributed by atoms with Crippen LogP contribution in [0.3, 0.4) is 0 Å². The zero-order valence-corrected chi connectivity index (χ0v) is 17.2. The highest BCUT2D eigenvalue weighted by Crippen LogP contribution is 2.82. The minimum Gasteiger partial charge on any atom is -0.309 e. The molecule has 2 nitrogen and oxygen atoms in total. The highest BCUT2D eigenvalue weighted by atomic mass is 79.9. The van der Waals surface area contributed by atoms with Crippen molar-refractivity contribution in [1.29, 1.82) is 0 Å². The third-order valence-electron chi connectivity index (χ3n) is 4.76. The lowest BCUT2D eigenvalue weighted by Crippen LogP contribution is -2.40. The Morgan fingerprint density at radius 2 is 2.09 bits per heavy atom. The van der Waals surface area contributed by atoms with Gasteiger partial charge in [-0.25, -0.2) is 0 Å². The third kappa shape index (κ3) is 3.64. The van der Waals surface area contributed by atoms with Crippen molar-refractivity contribution in [2.24, 2.45) is 11.8 Å². The molecule has 0 amide bonds. The zero-order valence-electron chi connectivity index (χ0n) is 13.1. The average Bonchev–Trinajstić information content (AvgIpc) is 2.70. The Balaban J connectivity index is 1.74. The maximum atomic E-state index is 13.2. The Kier molecular flexibility index (Phi) is 5.13. The van der Waals surface area contributed by atoms with Gasteiger partial charge in [0.1, 0.15) is 0 Å². The number of fused-ring (bicyclic) bond motifs is 1. The second-order valence-electron chi connectivity index (χ2n) is 6.77. The van der Waals surface area contributed by atoms with Crippen molar-refractivity contribution in [2.75, 3.05) is 0 Å². The van der Waals surface area contributed by atoms with Crippen LogP contribution in [0.15, 0.2) is 33.6 Å². The fraction of sp³-hybridized carbons (Fsp3) is 0.625. The summed E-state index contributed by atoms with van der Waals surface area (Å²) < 4.78 is 20.4. The van der Waals surface area contributed by atoms with Crippen LogP contribution < -0.4 is 0 Å². The molecule has 2 fully saturated rings. The van der Waals surface area contributed by atoms with E-state index in [1.165, 1.54) is 17.8 Å². The Morgan fingerprint density at radius 3 is 2.73 bits per heavy atom. The average molecular weight is 421 g/mol. The molecule has 1 aliphatic heterocycles. The van der Waals surface area contributed by atoms with E-state index < -0.39 is 5.77 Å². The van der Waals surface area contributed by atoms with Crippen LogP contribution in [0.2, 0.25) is 0 Å². The van der Waals surface area contributed by atoms with Gasteiger partial charge < -0.3 is 4.52 Å². The Morgan fingerprint density at radius 1 is 1.41 bits per heavy atom. The highest BCUT2D eigenvalue weighted by molar-refractivity contribution is 9.10. The molecule has 1 aromatic carbocycles. The van der Waals surface area contributed by atoms with Gasteiger partial charge in [-0.3, -0.25) is 4.57 Å². The van der Waals surface area contributed by atoms with E-state index in [9.17, 15) is 4.57 Å². The lowest BCUT2D eigenvalue weighted by Gasteiger charge is -2.38. The van der Waals surface area contributed by atoms with Crippen LogP contribution in [-0.2, 0) is 9.09 Å². The minimum absolute atomic E-state index is 0.0171. The Labute approximate surface area is 149 Å². The molecule has 0 aromatic heterocycles. The standard InChI is InChI=1S/C16H22BrO2PS2/c1-11(2)12-8-9-16(3)15(10-12)19-20(18,22-16)21-14-6-4-13(17)5-7-14/h4-7,11-12,15H,8-10H2,1-3H3/t12-,15+,16+,20+/m1/s1. The van der Waals surface area contributed by atoms with Gasteiger partial charge in [0.2, 0.25) is 0 Å². The van der Waals surface area contributed by atoms with Crippen LogP contribution in [0.1, 0.15) is 40.0 Å². The number of benzene rings is 1. The number of hydrogen-bond acceptors (Lipinski definition) is 4. The van der Waals surface area contributed by atoms with Crippen molar-refractivity contribution in [3.05, 3.63) is 28.7 Å². The van der Waals surface area contributed by atoms with E-state index in [0.29, 0.717) is 11.8 Å². The van der Waals surface area contributed by atoms with Gasteiger partial charge in [0.15, 0.2) is 0 Å². The number of halogens is 1. The molecular formula is C16H22BrO2PS2. The van der Waals surface area contributed by atoms with Gasteiger partial charge in [0.05, 0.1) is 6.10 Å². The lowest BCUT2D eigenvalue weighted by atomic mass is 9.75. The number of hydrogen-bond donors (Lipinski definition) is 0. The van der Waals surface area contributed by atoms with Crippen LogP contribution in [-0.4, -0.2) is 10.9 Å². The van der Waals surface area contributed by atoms with E-state index >= 15 is 0 Å². The molecule has 6 heteroatoms. The SMILES string of the molecule is CC(C)[C@@H]1CC[C@]2(C)S[P@](=O)(Sc3ccc(Br)cc3)O[C@H]2C1. The van der Waals surface area contributed by atoms with Crippen LogP contribution in [0.25, 0.3) is 0 Å². The predicted octanol–water partition coefficient (Wildman–Crippen LogP) is 7.00. The summed E-state index contributed by atoms with van der Waals surface area (Å²) >= 11 is 6.44. The van der Waals surface area contributed by atoms with E-state index in [1.807, 2.05) is 24.3 Å². The smallest absolute Gasteiger partial charge is 0.309 e. The van der Waals surface area contributed by atoms with Crippen molar-refractivity contribution in [3.63, 3.8) is 0 Å². The Hall–Kier alpha value is 0.590. The molecule has 1 aromatic rings. The highest BCUT2D eigenvalue weighted by Gasteiger charge is 2.55. The first kappa shape index (κ1) is 17.4. The van der Waals surface area contributed by atoms with Crippen LogP contribution >= 0.6 is 44.5 Å². The molecule has 122 valence electrons. The molecule has 2 aliphatic rings. The second kappa shape index (κ2) is 6.48. The van der Waals surface area contributed by atoms with Crippen LogP contribution in [0.4, 0.5) is 0 Å². The fourth-order valence-corrected chi connectivity index (χ4v) is 12.8. The molecule has 3 rings (SSSR count). The summed E-state index contributed by atoms with van der Waals surface area (Å²) in [5, 5.41) is 0. The topological polar surface area (TPSA) is 26.3 Å². The molecule has 4 atom stereocenters. The summed E-state index contributed by atoms with van der Waals surface area (Å²) in [5.41, 5.74) is 0. The maximum absolute atomic E-state index is 13.2. The normalized spacial score (nSPS) is 38.2. The van der Waals surface area contributed by atoms with E-state index in [2.05, 4.69) is 36.7 Å². The molecule has 1 heterocycles. The molecule has 0 spiro atoms. The van der Waals surface area contributed by atoms with Gasteiger partial charge in [0, 0.05) is 14.1 Å². The van der Waals surface area contributed by atoms with E-state index in [-0.39, 0.29) is 10.9 Å². The fourth-order valence-electron chi connectivity index (χ4n) is 3.24. The van der Waals surface area contributed by atoms with Crippen molar-refractivity contribution < 1.29 is 9.09 Å². The number of rotatable bonds is 3. The first-order valence-electron chi connectivity index (χ1n) is 7.74. The second-order valence-corrected chi connectivity index (χ2v) is 15.2. The summed E-state index contributed by atoms with van der Waals surface area (Å²) in [5.74, 6) is -1.34. The molecule has 1 aliphatic carbocycles. The Bertz CT molecular complexity index is 592. The molecule has 0 N–H and O–H groups in total. The van der Waals surface area contributed by atoms with Gasteiger partial charge in [-0.15, -0.1) is 0 Å². The van der Waals surface area contributed by atoms with E-state index in [0.717, 1.165) is 22.2 Å². The van der Waals surface area contributed by atoms with Crippen molar-refractivity contribution in [3.8, 4) is 0 Å². The van der Waals surface area contributed by atoms with Gasteiger partial charge in [-0.1, -0.05) is 29.8 Å². The molecule has 22 heavy (non-hydrogen) atoms. The maximum Gasteiger partial charge on any atom is 0.318 e. The van der Waals surface area contributed by atoms with Gasteiger partial charge in [-0.2, -0.15) is 0 Å². The van der Waals surface area contributed by atoms with Crippen molar-refractivity contribution >= 4 is 44.5 Å². The first-order valence-corrected chi connectivity index (χ1v) is 13.0.